The molecule has 2 saturated heterocycles. The first-order valence-corrected chi connectivity index (χ1v) is 9.03. The molecule has 4 amide bonds. The summed E-state index contributed by atoms with van der Waals surface area (Å²) in [7, 11) is 0. The molecular weight excluding hydrogens is 336 g/mol. The molecule has 4 rings (SSSR count). The fourth-order valence-electron chi connectivity index (χ4n) is 5.48. The summed E-state index contributed by atoms with van der Waals surface area (Å²) < 4.78 is 0. The Balaban J connectivity index is 1.48. The van der Waals surface area contributed by atoms with Gasteiger partial charge in [-0.25, -0.2) is 0 Å². The van der Waals surface area contributed by atoms with Gasteiger partial charge in [0.05, 0.1) is 23.7 Å². The minimum absolute atomic E-state index is 0.201. The van der Waals surface area contributed by atoms with Gasteiger partial charge in [0.15, 0.2) is 12.4 Å². The molecule has 2 aliphatic heterocycles. The van der Waals surface area contributed by atoms with Crippen LogP contribution in [0.15, 0.2) is 0 Å². The van der Waals surface area contributed by atoms with Crippen molar-refractivity contribution >= 4 is 23.6 Å². The fourth-order valence-corrected chi connectivity index (χ4v) is 5.48. The summed E-state index contributed by atoms with van der Waals surface area (Å²) in [4.78, 5) is 50.3. The first-order chi connectivity index (χ1) is 12.5. The third-order valence-corrected chi connectivity index (χ3v) is 6.80. The topological polar surface area (TPSA) is 122 Å². The molecule has 0 aromatic heterocycles. The van der Waals surface area contributed by atoms with Crippen molar-refractivity contribution in [3.63, 3.8) is 0 Å². The van der Waals surface area contributed by atoms with Crippen molar-refractivity contribution in [3.8, 4) is 12.4 Å². The van der Waals surface area contributed by atoms with Crippen LogP contribution < -0.4 is 0 Å². The van der Waals surface area contributed by atoms with Crippen LogP contribution in [0, 0.1) is 58.4 Å². The van der Waals surface area contributed by atoms with Gasteiger partial charge in [-0.3, -0.25) is 19.2 Å². The van der Waals surface area contributed by atoms with Crippen molar-refractivity contribution in [1.82, 2.24) is 9.80 Å². The molecule has 8 nitrogen and oxygen atoms in total. The maximum Gasteiger partial charge on any atom is 0.246 e. The van der Waals surface area contributed by atoms with Gasteiger partial charge in [0.2, 0.25) is 23.6 Å². The molecule has 2 aliphatic carbocycles. The lowest BCUT2D eigenvalue weighted by Gasteiger charge is -2.38. The average Bonchev–Trinajstić information content (AvgIpc) is 3.05. The fraction of sp³-hybridized carbons (Fsp3) is 0.667. The summed E-state index contributed by atoms with van der Waals surface area (Å²) in [6, 6.07) is 0. The maximum atomic E-state index is 12.3. The minimum Gasteiger partial charge on any atom is -0.273 e. The van der Waals surface area contributed by atoms with E-state index in [1.54, 1.807) is 12.4 Å². The van der Waals surface area contributed by atoms with Crippen LogP contribution in [-0.2, 0) is 19.2 Å². The van der Waals surface area contributed by atoms with Crippen molar-refractivity contribution in [1.29, 1.82) is 10.5 Å². The number of nitriles is 2. The van der Waals surface area contributed by atoms with Crippen molar-refractivity contribution in [2.75, 3.05) is 0 Å². The highest BCUT2D eigenvalue weighted by atomic mass is 16.2. The second kappa shape index (κ2) is 5.91. The summed E-state index contributed by atoms with van der Waals surface area (Å²) in [5.74, 6) is -2.82. The van der Waals surface area contributed by atoms with Gasteiger partial charge in [-0.05, 0) is 50.4 Å². The lowest BCUT2D eigenvalue weighted by atomic mass is 9.64. The molecule has 6 atom stereocenters. The van der Waals surface area contributed by atoms with E-state index in [1.165, 1.54) is 0 Å². The number of hydrogen-bond acceptors (Lipinski definition) is 6. The Kier molecular flexibility index (Phi) is 3.80. The van der Waals surface area contributed by atoms with Crippen LogP contribution in [0.3, 0.4) is 0 Å². The SMILES string of the molecule is N#CN1C(=O)C2CCC(C3CCC4C(=O)N(C#N)C(=O)C4C3)CC2C1=O. The highest BCUT2D eigenvalue weighted by Crippen LogP contribution is 2.49. The molecule has 26 heavy (non-hydrogen) atoms. The smallest absolute Gasteiger partial charge is 0.246 e. The average molecular weight is 354 g/mol. The second-order valence-electron chi connectivity index (χ2n) is 7.80. The summed E-state index contributed by atoms with van der Waals surface area (Å²) in [6.07, 6.45) is 7.21. The predicted molar refractivity (Wildman–Crippen MR) is 83.6 cm³/mol. The second-order valence-corrected chi connectivity index (χ2v) is 7.80. The van der Waals surface area contributed by atoms with Gasteiger partial charge in [-0.1, -0.05) is 0 Å². The maximum absolute atomic E-state index is 12.3. The van der Waals surface area contributed by atoms with E-state index in [0.29, 0.717) is 35.5 Å². The normalized spacial score (nSPS) is 39.5. The number of hydrogen-bond donors (Lipinski definition) is 0. The number of carbonyl (C=O) groups excluding carboxylic acids is 4. The molecule has 0 radical (unpaired) electrons. The van der Waals surface area contributed by atoms with E-state index in [9.17, 15) is 19.2 Å². The molecule has 0 aromatic rings. The van der Waals surface area contributed by atoms with Crippen LogP contribution >= 0.6 is 0 Å². The Bertz CT molecular complexity index is 728. The van der Waals surface area contributed by atoms with Gasteiger partial charge >= 0.3 is 0 Å². The molecule has 2 heterocycles. The number of fused-ring (bicyclic) bond motifs is 2. The Labute approximate surface area is 150 Å². The van der Waals surface area contributed by atoms with E-state index in [4.69, 9.17) is 10.5 Å². The number of rotatable bonds is 1. The van der Waals surface area contributed by atoms with Gasteiger partial charge in [0.1, 0.15) is 0 Å². The molecule has 4 fully saturated rings. The van der Waals surface area contributed by atoms with Gasteiger partial charge in [-0.15, -0.1) is 0 Å². The van der Waals surface area contributed by atoms with E-state index in [1.807, 2.05) is 0 Å². The summed E-state index contributed by atoms with van der Waals surface area (Å²) in [5.41, 5.74) is 0. The quantitative estimate of drug-likeness (QED) is 0.506. The van der Waals surface area contributed by atoms with Crippen LogP contribution in [-0.4, -0.2) is 33.4 Å². The largest absolute Gasteiger partial charge is 0.273 e. The lowest BCUT2D eigenvalue weighted by molar-refractivity contribution is -0.137. The summed E-state index contributed by atoms with van der Waals surface area (Å²) >= 11 is 0. The van der Waals surface area contributed by atoms with Gasteiger partial charge in [0, 0.05) is 0 Å². The van der Waals surface area contributed by atoms with Crippen LogP contribution in [0.4, 0.5) is 0 Å². The molecule has 0 bridgehead atoms. The molecule has 8 heteroatoms. The Morgan fingerprint density at radius 1 is 0.615 bits per heavy atom. The summed E-state index contributed by atoms with van der Waals surface area (Å²) in [5, 5.41) is 18.0. The van der Waals surface area contributed by atoms with E-state index in [-0.39, 0.29) is 23.7 Å². The Morgan fingerprint density at radius 2 is 0.962 bits per heavy atom. The van der Waals surface area contributed by atoms with Gasteiger partial charge in [0.25, 0.3) is 0 Å². The first-order valence-electron chi connectivity index (χ1n) is 9.03. The zero-order valence-electron chi connectivity index (χ0n) is 14.1. The molecule has 0 aromatic carbocycles. The highest BCUT2D eigenvalue weighted by Gasteiger charge is 2.54. The van der Waals surface area contributed by atoms with Crippen LogP contribution in [0.5, 0.6) is 0 Å². The number of likely N-dealkylation sites (tertiary alicyclic amines) is 2. The molecule has 2 saturated carbocycles. The number of imide groups is 2. The van der Waals surface area contributed by atoms with E-state index in [0.717, 1.165) is 12.8 Å². The summed E-state index contributed by atoms with van der Waals surface area (Å²) in [6.45, 7) is 0. The van der Waals surface area contributed by atoms with E-state index >= 15 is 0 Å². The van der Waals surface area contributed by atoms with Gasteiger partial charge in [-0.2, -0.15) is 20.3 Å². The Hall–Kier alpha value is -2.74. The van der Waals surface area contributed by atoms with Crippen molar-refractivity contribution in [2.45, 2.75) is 38.5 Å². The first kappa shape index (κ1) is 16.7. The van der Waals surface area contributed by atoms with Crippen LogP contribution in [0.2, 0.25) is 0 Å². The third kappa shape index (κ3) is 2.18. The van der Waals surface area contributed by atoms with E-state index in [2.05, 4.69) is 0 Å². The molecule has 6 unspecified atom stereocenters. The predicted octanol–water partition coefficient (Wildman–Crippen LogP) is 0.751. The zero-order valence-corrected chi connectivity index (χ0v) is 14.1. The number of carbonyl (C=O) groups is 4. The van der Waals surface area contributed by atoms with Crippen molar-refractivity contribution < 1.29 is 19.2 Å². The molecule has 0 spiro atoms. The van der Waals surface area contributed by atoms with Crippen molar-refractivity contribution in [2.24, 2.45) is 35.5 Å². The standard InChI is InChI=1S/C18H18N4O4/c19-7-21-15(23)11-3-1-9(5-13(11)17(21)25)10-2-4-12-14(6-10)18(26)22(8-20)16(12)24/h9-14H,1-6H2. The molecular formula is C18H18N4O4. The van der Waals surface area contributed by atoms with E-state index < -0.39 is 35.5 Å². The molecule has 134 valence electrons. The minimum atomic E-state index is -0.435. The van der Waals surface area contributed by atoms with Crippen LogP contribution in [0.1, 0.15) is 38.5 Å². The lowest BCUT2D eigenvalue weighted by Crippen LogP contribution is -2.35. The van der Waals surface area contributed by atoms with Crippen LogP contribution in [0.25, 0.3) is 0 Å². The number of amides is 4. The molecule has 0 N–H and O–H groups in total. The van der Waals surface area contributed by atoms with Crippen molar-refractivity contribution in [3.05, 3.63) is 0 Å². The third-order valence-electron chi connectivity index (χ3n) is 6.80. The highest BCUT2D eigenvalue weighted by molar-refractivity contribution is 6.07. The monoisotopic (exact) mass is 354 g/mol. The van der Waals surface area contributed by atoms with Gasteiger partial charge < -0.3 is 0 Å². The Morgan fingerprint density at radius 3 is 1.31 bits per heavy atom. The number of nitrogens with zero attached hydrogens (tertiary/aromatic N) is 4. The zero-order chi connectivity index (χ0) is 18.6. The molecule has 4 aliphatic rings.